The Kier molecular flexibility index (Phi) is 8.74. The summed E-state index contributed by atoms with van der Waals surface area (Å²) in [4.78, 5) is 63.1. The first-order chi connectivity index (χ1) is 19.5. The maximum atomic E-state index is 13.1. The normalized spacial score (nSPS) is 18.0. The van der Waals surface area contributed by atoms with E-state index in [1.54, 1.807) is 29.2 Å². The Balaban J connectivity index is 1.27. The van der Waals surface area contributed by atoms with Gasteiger partial charge in [0.25, 0.3) is 5.91 Å². The molecule has 4 rings (SSSR count). The molecule has 218 valence electrons. The fraction of sp³-hybridized carbons (Fsp3) is 0.393. The number of likely N-dealkylation sites (tertiary alicyclic amines) is 1. The van der Waals surface area contributed by atoms with Gasteiger partial charge in [-0.15, -0.1) is 0 Å². The number of nitrogens with zero attached hydrogens (tertiary/aromatic N) is 2. The first kappa shape index (κ1) is 29.3. The van der Waals surface area contributed by atoms with E-state index < -0.39 is 41.6 Å². The van der Waals surface area contributed by atoms with Gasteiger partial charge in [0.05, 0.1) is 11.5 Å². The molecule has 0 aromatic heterocycles. The van der Waals surface area contributed by atoms with Crippen LogP contribution in [0.2, 0.25) is 0 Å². The molecule has 2 unspecified atom stereocenters. The Morgan fingerprint density at radius 1 is 1.12 bits per heavy atom. The molecule has 1 spiro atoms. The molecular weight excluding hydrogens is 537 g/mol. The Bertz CT molecular complexity index is 1310. The molecule has 0 bridgehead atoms. The quantitative estimate of drug-likeness (QED) is 0.335. The molecule has 4 N–H and O–H groups in total. The van der Waals surface area contributed by atoms with Crippen molar-refractivity contribution < 1.29 is 38.2 Å². The van der Waals surface area contributed by atoms with Crippen LogP contribution in [0.4, 0.5) is 14.9 Å². The third kappa shape index (κ3) is 6.73. The number of piperidine rings is 1. The number of anilines is 1. The average molecular weight is 570 g/mol. The molecule has 2 fully saturated rings. The van der Waals surface area contributed by atoms with E-state index in [9.17, 15) is 28.4 Å². The summed E-state index contributed by atoms with van der Waals surface area (Å²) >= 11 is 0. The lowest BCUT2D eigenvalue weighted by Gasteiger charge is -2.52. The van der Waals surface area contributed by atoms with Crippen molar-refractivity contribution in [2.45, 2.75) is 31.8 Å². The van der Waals surface area contributed by atoms with Crippen molar-refractivity contribution in [3.63, 3.8) is 0 Å². The molecule has 2 heterocycles. The number of β-lactam (4-membered cyclic amide) rings is 1. The van der Waals surface area contributed by atoms with Crippen LogP contribution in [0.25, 0.3) is 0 Å². The number of likely N-dealkylation sites (N-methyl/N-ethyl adjacent to an activating group) is 1. The van der Waals surface area contributed by atoms with Crippen molar-refractivity contribution in [3.05, 3.63) is 59.9 Å². The smallest absolute Gasteiger partial charge is 0.323 e. The van der Waals surface area contributed by atoms with Gasteiger partial charge in [-0.25, -0.2) is 9.18 Å². The van der Waals surface area contributed by atoms with E-state index in [-0.39, 0.29) is 24.6 Å². The van der Waals surface area contributed by atoms with Crippen LogP contribution < -0.4 is 20.7 Å². The molecule has 2 aliphatic rings. The minimum atomic E-state index is -1.16. The van der Waals surface area contributed by atoms with Gasteiger partial charge in [0, 0.05) is 25.8 Å². The molecule has 2 aromatic carbocycles. The first-order valence-corrected chi connectivity index (χ1v) is 13.1. The van der Waals surface area contributed by atoms with Crippen molar-refractivity contribution >= 4 is 35.4 Å². The van der Waals surface area contributed by atoms with E-state index in [1.807, 2.05) is 0 Å². The Labute approximate surface area is 235 Å². The predicted molar refractivity (Wildman–Crippen MR) is 144 cm³/mol. The number of halogens is 1. The fourth-order valence-electron chi connectivity index (χ4n) is 5.09. The van der Waals surface area contributed by atoms with Crippen LogP contribution in [-0.4, -0.2) is 84.0 Å². The van der Waals surface area contributed by atoms with Crippen LogP contribution in [0.15, 0.2) is 48.5 Å². The largest absolute Gasteiger partial charge is 0.484 e. The number of benzene rings is 2. The molecule has 5 amide bonds. The van der Waals surface area contributed by atoms with Gasteiger partial charge in [0.1, 0.15) is 24.2 Å². The molecule has 0 radical (unpaired) electrons. The van der Waals surface area contributed by atoms with Crippen LogP contribution in [0, 0.1) is 11.2 Å². The summed E-state index contributed by atoms with van der Waals surface area (Å²) in [5.41, 5.74) is 0.721. The lowest BCUT2D eigenvalue weighted by molar-refractivity contribution is -0.150. The molecular formula is C28H32FN5O7. The maximum absolute atomic E-state index is 13.1. The summed E-state index contributed by atoms with van der Waals surface area (Å²) in [6, 6.07) is 11.0. The highest BCUT2D eigenvalue weighted by Crippen LogP contribution is 2.49. The Morgan fingerprint density at radius 3 is 2.34 bits per heavy atom. The van der Waals surface area contributed by atoms with E-state index >= 15 is 0 Å². The zero-order valence-electron chi connectivity index (χ0n) is 22.7. The zero-order chi connectivity index (χ0) is 29.7. The number of hydrogen-bond donors (Lipinski definition) is 4. The second-order valence-corrected chi connectivity index (χ2v) is 10.2. The maximum Gasteiger partial charge on any atom is 0.323 e. The number of aliphatic carboxylic acids is 1. The summed E-state index contributed by atoms with van der Waals surface area (Å²) < 4.78 is 18.6. The van der Waals surface area contributed by atoms with Crippen LogP contribution in [0.3, 0.4) is 0 Å². The molecule has 41 heavy (non-hydrogen) atoms. The standard InChI is InChI=1S/C28H32FN5O7/c1-17(25(38)33(2)15-23(36)37)30-22(35)16-41-21-9-3-18(4-10-21)24-28(26(39)32-24)11-13-34(14-12-28)27(40)31-20-7-5-19(29)6-8-20/h3-10,17,24H,11-16H2,1-2H3,(H,30,35)(H,31,40)(H,32,39)(H,36,37). The minimum absolute atomic E-state index is 0.0595. The van der Waals surface area contributed by atoms with Gasteiger partial charge in [-0.2, -0.15) is 0 Å². The molecule has 2 saturated heterocycles. The number of hydrogen-bond acceptors (Lipinski definition) is 6. The lowest BCUT2D eigenvalue weighted by Crippen LogP contribution is -2.65. The second kappa shape index (κ2) is 12.2. The van der Waals surface area contributed by atoms with E-state index in [2.05, 4.69) is 16.0 Å². The predicted octanol–water partition coefficient (Wildman–Crippen LogP) is 1.74. The highest BCUT2D eigenvalue weighted by Gasteiger charge is 2.56. The van der Waals surface area contributed by atoms with Gasteiger partial charge < -0.3 is 35.6 Å². The summed E-state index contributed by atoms with van der Waals surface area (Å²) in [5.74, 6) is -2.28. The summed E-state index contributed by atoms with van der Waals surface area (Å²) in [6.07, 6.45) is 0.967. The molecule has 2 aliphatic heterocycles. The number of ether oxygens (including phenoxy) is 1. The van der Waals surface area contributed by atoms with E-state index in [0.717, 1.165) is 10.5 Å². The molecule has 0 saturated carbocycles. The van der Waals surface area contributed by atoms with Crippen molar-refractivity contribution in [2.24, 2.45) is 5.41 Å². The first-order valence-electron chi connectivity index (χ1n) is 13.1. The van der Waals surface area contributed by atoms with Gasteiger partial charge in [0.2, 0.25) is 11.8 Å². The van der Waals surface area contributed by atoms with Crippen LogP contribution in [0.5, 0.6) is 5.75 Å². The third-order valence-electron chi connectivity index (χ3n) is 7.40. The highest BCUT2D eigenvalue weighted by molar-refractivity contribution is 5.92. The van der Waals surface area contributed by atoms with Gasteiger partial charge in [-0.1, -0.05) is 12.1 Å². The number of nitrogens with one attached hydrogen (secondary N) is 3. The summed E-state index contributed by atoms with van der Waals surface area (Å²) in [6.45, 7) is 1.41. The van der Waals surface area contributed by atoms with Crippen molar-refractivity contribution in [1.29, 1.82) is 0 Å². The topological polar surface area (TPSA) is 157 Å². The minimum Gasteiger partial charge on any atom is -0.484 e. The molecule has 2 atom stereocenters. The van der Waals surface area contributed by atoms with Gasteiger partial charge in [-0.05, 0) is 61.7 Å². The second-order valence-electron chi connectivity index (χ2n) is 10.2. The number of carbonyl (C=O) groups is 5. The fourth-order valence-corrected chi connectivity index (χ4v) is 5.09. The van der Waals surface area contributed by atoms with E-state index in [4.69, 9.17) is 9.84 Å². The van der Waals surface area contributed by atoms with Crippen LogP contribution in [0.1, 0.15) is 31.4 Å². The molecule has 0 aliphatic carbocycles. The zero-order valence-corrected chi connectivity index (χ0v) is 22.7. The number of urea groups is 1. The third-order valence-corrected chi connectivity index (χ3v) is 7.40. The molecule has 12 nitrogen and oxygen atoms in total. The average Bonchev–Trinajstić information content (AvgIpc) is 2.95. The van der Waals surface area contributed by atoms with Gasteiger partial charge in [-0.3, -0.25) is 19.2 Å². The Morgan fingerprint density at radius 2 is 1.76 bits per heavy atom. The SMILES string of the molecule is CC(NC(=O)COc1ccc(C2NC(=O)C23CCN(C(=O)Nc2ccc(F)cc2)CC3)cc1)C(=O)N(C)CC(=O)O. The molecule has 2 aromatic rings. The Hall–Kier alpha value is -4.68. The number of carboxylic acids is 1. The van der Waals surface area contributed by atoms with E-state index in [1.165, 1.54) is 38.2 Å². The van der Waals surface area contributed by atoms with Crippen LogP contribution >= 0.6 is 0 Å². The number of amides is 5. The number of rotatable bonds is 9. The van der Waals surface area contributed by atoms with Crippen molar-refractivity contribution in [1.82, 2.24) is 20.4 Å². The van der Waals surface area contributed by atoms with E-state index in [0.29, 0.717) is 37.4 Å². The lowest BCUT2D eigenvalue weighted by atomic mass is 9.64. The highest BCUT2D eigenvalue weighted by atomic mass is 19.1. The molecule has 13 heteroatoms. The van der Waals surface area contributed by atoms with Crippen LogP contribution in [-0.2, 0) is 19.2 Å². The van der Waals surface area contributed by atoms with Crippen molar-refractivity contribution in [2.75, 3.05) is 38.6 Å². The summed E-state index contributed by atoms with van der Waals surface area (Å²) in [5, 5.41) is 17.0. The number of carbonyl (C=O) groups excluding carboxylic acids is 4. The number of carboxylic acid groups (broad SMARTS) is 1. The summed E-state index contributed by atoms with van der Waals surface area (Å²) in [7, 11) is 1.34. The van der Waals surface area contributed by atoms with Gasteiger partial charge in [0.15, 0.2) is 6.61 Å². The van der Waals surface area contributed by atoms with Crippen molar-refractivity contribution in [3.8, 4) is 5.75 Å². The van der Waals surface area contributed by atoms with Gasteiger partial charge >= 0.3 is 12.0 Å². The monoisotopic (exact) mass is 569 g/mol.